The minimum atomic E-state index is -0.173. The molecular weight excluding hydrogens is 294 g/mol. The Kier molecular flexibility index (Phi) is 3.34. The zero-order chi connectivity index (χ0) is 13.4. The van der Waals surface area contributed by atoms with Crippen LogP contribution < -0.4 is 11.3 Å². The van der Waals surface area contributed by atoms with Crippen LogP contribution >= 0.6 is 15.9 Å². The van der Waals surface area contributed by atoms with E-state index < -0.39 is 0 Å². The van der Waals surface area contributed by atoms with Crippen molar-refractivity contribution in [2.24, 2.45) is 7.05 Å². The molecule has 2 N–H and O–H groups in total. The standard InChI is InChI=1S/C13H16BrN3O/c1-8(2)12-11(15)13(18)17(16(12)3)10-7-5-4-6-9(10)14/h4-8H,15H2,1-3H3. The molecule has 0 aliphatic carbocycles. The Morgan fingerprint density at radius 1 is 1.28 bits per heavy atom. The number of aromatic nitrogens is 2. The van der Waals surface area contributed by atoms with Gasteiger partial charge >= 0.3 is 0 Å². The molecule has 0 atom stereocenters. The lowest BCUT2D eigenvalue weighted by molar-refractivity contribution is 0.594. The van der Waals surface area contributed by atoms with E-state index in [2.05, 4.69) is 15.9 Å². The largest absolute Gasteiger partial charge is 0.393 e. The van der Waals surface area contributed by atoms with Crippen LogP contribution in [0.1, 0.15) is 25.5 Å². The van der Waals surface area contributed by atoms with Gasteiger partial charge in [0.05, 0.1) is 11.4 Å². The van der Waals surface area contributed by atoms with Gasteiger partial charge in [-0.2, -0.15) is 0 Å². The van der Waals surface area contributed by atoms with Crippen LogP contribution in [0.2, 0.25) is 0 Å². The highest BCUT2D eigenvalue weighted by molar-refractivity contribution is 9.10. The SMILES string of the molecule is CC(C)c1c(N)c(=O)n(-c2ccccc2Br)n1C. The van der Waals surface area contributed by atoms with Crippen LogP contribution in [0.15, 0.2) is 33.5 Å². The van der Waals surface area contributed by atoms with Gasteiger partial charge in [0.1, 0.15) is 5.69 Å². The van der Waals surface area contributed by atoms with E-state index in [1.165, 1.54) is 0 Å². The normalized spacial score (nSPS) is 11.2. The molecule has 1 aromatic carbocycles. The van der Waals surface area contributed by atoms with Gasteiger partial charge < -0.3 is 5.73 Å². The molecule has 0 spiro atoms. The topological polar surface area (TPSA) is 53.0 Å². The predicted molar refractivity (Wildman–Crippen MR) is 77.2 cm³/mol. The smallest absolute Gasteiger partial charge is 0.294 e. The number of rotatable bonds is 2. The molecule has 0 radical (unpaired) electrons. The maximum atomic E-state index is 12.3. The van der Waals surface area contributed by atoms with Crippen molar-refractivity contribution in [3.05, 3.63) is 44.8 Å². The first-order chi connectivity index (χ1) is 8.45. The second-order valence-electron chi connectivity index (χ2n) is 4.55. The van der Waals surface area contributed by atoms with Gasteiger partial charge in [-0.25, -0.2) is 4.68 Å². The third-order valence-corrected chi connectivity index (χ3v) is 3.65. The van der Waals surface area contributed by atoms with E-state index in [9.17, 15) is 4.79 Å². The summed E-state index contributed by atoms with van der Waals surface area (Å²) in [6.07, 6.45) is 0. The number of nitrogen functional groups attached to an aromatic ring is 1. The molecule has 2 rings (SSSR count). The first kappa shape index (κ1) is 13.0. The lowest BCUT2D eigenvalue weighted by Gasteiger charge is -2.12. The first-order valence-corrected chi connectivity index (χ1v) is 6.56. The van der Waals surface area contributed by atoms with Crippen molar-refractivity contribution >= 4 is 21.6 Å². The third-order valence-electron chi connectivity index (χ3n) is 2.97. The molecule has 96 valence electrons. The van der Waals surface area contributed by atoms with Crippen LogP contribution in [0.4, 0.5) is 5.69 Å². The lowest BCUT2D eigenvalue weighted by atomic mass is 10.1. The highest BCUT2D eigenvalue weighted by atomic mass is 79.9. The Bertz CT molecular complexity index is 640. The van der Waals surface area contributed by atoms with Crippen molar-refractivity contribution in [1.29, 1.82) is 0 Å². The fraction of sp³-hybridized carbons (Fsp3) is 0.308. The zero-order valence-corrected chi connectivity index (χ0v) is 12.2. The van der Waals surface area contributed by atoms with Crippen LogP contribution in [-0.2, 0) is 7.05 Å². The maximum absolute atomic E-state index is 12.3. The quantitative estimate of drug-likeness (QED) is 0.927. The molecule has 1 heterocycles. The van der Waals surface area contributed by atoms with Crippen LogP contribution in [0.5, 0.6) is 0 Å². The molecule has 0 unspecified atom stereocenters. The van der Waals surface area contributed by atoms with E-state index in [-0.39, 0.29) is 11.5 Å². The molecule has 0 saturated carbocycles. The Balaban J connectivity index is 2.78. The van der Waals surface area contributed by atoms with Crippen molar-refractivity contribution in [3.8, 4) is 5.69 Å². The van der Waals surface area contributed by atoms with Crippen molar-refractivity contribution in [2.45, 2.75) is 19.8 Å². The van der Waals surface area contributed by atoms with Crippen molar-refractivity contribution in [1.82, 2.24) is 9.36 Å². The van der Waals surface area contributed by atoms with Crippen molar-refractivity contribution in [2.75, 3.05) is 5.73 Å². The first-order valence-electron chi connectivity index (χ1n) is 5.77. The number of hydrogen-bond acceptors (Lipinski definition) is 2. The highest BCUT2D eigenvalue weighted by Crippen LogP contribution is 2.24. The second kappa shape index (κ2) is 4.65. The number of para-hydroxylation sites is 1. The van der Waals surface area contributed by atoms with Gasteiger partial charge in [0.25, 0.3) is 5.56 Å². The summed E-state index contributed by atoms with van der Waals surface area (Å²) in [6.45, 7) is 4.05. The van der Waals surface area contributed by atoms with Crippen LogP contribution in [0.25, 0.3) is 5.69 Å². The number of nitrogens with zero attached hydrogens (tertiary/aromatic N) is 2. The summed E-state index contributed by atoms with van der Waals surface area (Å²) < 4.78 is 4.28. The Morgan fingerprint density at radius 2 is 1.89 bits per heavy atom. The summed E-state index contributed by atoms with van der Waals surface area (Å²) in [5.74, 6) is 0.200. The highest BCUT2D eigenvalue weighted by Gasteiger charge is 2.19. The molecular formula is C13H16BrN3O. The van der Waals surface area contributed by atoms with Crippen molar-refractivity contribution < 1.29 is 0 Å². The predicted octanol–water partition coefficient (Wildman–Crippen LogP) is 2.64. The summed E-state index contributed by atoms with van der Waals surface area (Å²) >= 11 is 3.46. The molecule has 4 nitrogen and oxygen atoms in total. The number of benzene rings is 1. The van der Waals surface area contributed by atoms with Crippen LogP contribution in [-0.4, -0.2) is 9.36 Å². The van der Waals surface area contributed by atoms with Gasteiger partial charge in [0, 0.05) is 11.5 Å². The molecule has 18 heavy (non-hydrogen) atoms. The second-order valence-corrected chi connectivity index (χ2v) is 5.40. The van der Waals surface area contributed by atoms with E-state index >= 15 is 0 Å². The molecule has 0 bridgehead atoms. The van der Waals surface area contributed by atoms with Gasteiger partial charge in [0.2, 0.25) is 0 Å². The molecule has 0 fully saturated rings. The van der Waals surface area contributed by atoms with Gasteiger partial charge in [-0.1, -0.05) is 26.0 Å². The van der Waals surface area contributed by atoms with E-state index in [4.69, 9.17) is 5.73 Å². The number of hydrogen-bond donors (Lipinski definition) is 1. The number of nitrogens with two attached hydrogens (primary N) is 1. The van der Waals surface area contributed by atoms with Crippen LogP contribution in [0, 0.1) is 0 Å². The minimum Gasteiger partial charge on any atom is -0.393 e. The molecule has 1 aromatic heterocycles. The molecule has 0 saturated heterocycles. The molecule has 0 aliphatic heterocycles. The summed E-state index contributed by atoms with van der Waals surface area (Å²) in [6, 6.07) is 7.59. The minimum absolute atomic E-state index is 0.173. The summed E-state index contributed by atoms with van der Waals surface area (Å²) in [5, 5.41) is 0. The molecule has 0 amide bonds. The average Bonchev–Trinajstić information content (AvgIpc) is 2.52. The number of halogens is 1. The Hall–Kier alpha value is -1.49. The van der Waals surface area contributed by atoms with Crippen molar-refractivity contribution in [3.63, 3.8) is 0 Å². The molecule has 2 aromatic rings. The summed E-state index contributed by atoms with van der Waals surface area (Å²) in [7, 11) is 1.85. The van der Waals surface area contributed by atoms with E-state index in [0.717, 1.165) is 15.9 Å². The Morgan fingerprint density at radius 3 is 2.39 bits per heavy atom. The van der Waals surface area contributed by atoms with Gasteiger partial charge in [-0.05, 0) is 34.0 Å². The lowest BCUT2D eigenvalue weighted by Crippen LogP contribution is -2.21. The van der Waals surface area contributed by atoms with E-state index in [0.29, 0.717) is 5.69 Å². The molecule has 5 heteroatoms. The fourth-order valence-corrected chi connectivity index (χ4v) is 2.67. The van der Waals surface area contributed by atoms with Gasteiger partial charge in [-0.3, -0.25) is 9.48 Å². The third kappa shape index (κ3) is 1.88. The van der Waals surface area contributed by atoms with Crippen LogP contribution in [0.3, 0.4) is 0 Å². The van der Waals surface area contributed by atoms with E-state index in [1.54, 1.807) is 4.68 Å². The Labute approximate surface area is 114 Å². The summed E-state index contributed by atoms with van der Waals surface area (Å²) in [5.41, 5.74) is 7.72. The molecule has 0 aliphatic rings. The van der Waals surface area contributed by atoms with Gasteiger partial charge in [0.15, 0.2) is 0 Å². The van der Waals surface area contributed by atoms with E-state index in [1.807, 2.05) is 49.8 Å². The summed E-state index contributed by atoms with van der Waals surface area (Å²) in [4.78, 5) is 12.3. The average molecular weight is 310 g/mol. The fourth-order valence-electron chi connectivity index (χ4n) is 2.22. The maximum Gasteiger partial charge on any atom is 0.294 e. The number of anilines is 1. The monoisotopic (exact) mass is 309 g/mol. The zero-order valence-electron chi connectivity index (χ0n) is 10.6. The van der Waals surface area contributed by atoms with Gasteiger partial charge in [-0.15, -0.1) is 0 Å².